The van der Waals surface area contributed by atoms with Crippen LogP contribution in [0.15, 0.2) is 60.9 Å². The number of benzene rings is 2. The lowest BCUT2D eigenvalue weighted by Crippen LogP contribution is -2.44. The molecule has 5 aromatic rings. The molecule has 32 heavy (non-hydrogen) atoms. The molecule has 0 aliphatic carbocycles. The standard InChI is InChI=1S/C25H24N6O/c1-16-15-32-12-11-31(16)25-19-13-17(23-9-10-27-30(23)2)7-8-22(19)28-24(29-25)20-14-26-21-6-4-3-5-18(20)21/h3-10,13-14,16,26H,11-12,15H2,1-2H3/t16-/m1/s1. The summed E-state index contributed by atoms with van der Waals surface area (Å²) in [4.78, 5) is 15.8. The molecule has 7 heteroatoms. The lowest BCUT2D eigenvalue weighted by atomic mass is 10.1. The van der Waals surface area contributed by atoms with E-state index in [1.807, 2.05) is 42.3 Å². The molecule has 4 heterocycles. The number of fused-ring (bicyclic) bond motifs is 2. The molecular formula is C25H24N6O. The maximum Gasteiger partial charge on any atom is 0.164 e. The topological polar surface area (TPSA) is 71.9 Å². The van der Waals surface area contributed by atoms with E-state index in [0.29, 0.717) is 13.2 Å². The quantitative estimate of drug-likeness (QED) is 0.465. The second-order valence-electron chi connectivity index (χ2n) is 8.31. The van der Waals surface area contributed by atoms with Crippen LogP contribution in [0.3, 0.4) is 0 Å². The third-order valence-electron chi connectivity index (χ3n) is 6.26. The van der Waals surface area contributed by atoms with Crippen molar-refractivity contribution in [1.82, 2.24) is 24.7 Å². The summed E-state index contributed by atoms with van der Waals surface area (Å²) in [7, 11) is 1.96. The highest BCUT2D eigenvalue weighted by Crippen LogP contribution is 2.34. The first-order valence-corrected chi connectivity index (χ1v) is 10.9. The molecule has 7 nitrogen and oxygen atoms in total. The van der Waals surface area contributed by atoms with E-state index in [9.17, 15) is 0 Å². The van der Waals surface area contributed by atoms with Crippen molar-refractivity contribution >= 4 is 27.6 Å². The Labute approximate surface area is 185 Å². The van der Waals surface area contributed by atoms with Gasteiger partial charge in [0.2, 0.25) is 0 Å². The Balaban J connectivity index is 1.59. The number of nitrogens with one attached hydrogen (secondary N) is 1. The zero-order valence-corrected chi connectivity index (χ0v) is 18.1. The molecule has 3 aromatic heterocycles. The van der Waals surface area contributed by atoms with E-state index in [4.69, 9.17) is 14.7 Å². The van der Waals surface area contributed by atoms with Crippen LogP contribution in [0.25, 0.3) is 44.5 Å². The zero-order chi connectivity index (χ0) is 21.7. The van der Waals surface area contributed by atoms with E-state index >= 15 is 0 Å². The smallest absolute Gasteiger partial charge is 0.164 e. The monoisotopic (exact) mass is 424 g/mol. The summed E-state index contributed by atoms with van der Waals surface area (Å²) in [6.07, 6.45) is 3.82. The predicted octanol–water partition coefficient (Wildman–Crippen LogP) is 4.40. The van der Waals surface area contributed by atoms with E-state index in [0.717, 1.165) is 56.8 Å². The number of aryl methyl sites for hydroxylation is 1. The van der Waals surface area contributed by atoms with Gasteiger partial charge in [-0.15, -0.1) is 0 Å². The average Bonchev–Trinajstić information content (AvgIpc) is 3.45. The molecule has 0 spiro atoms. The van der Waals surface area contributed by atoms with Crippen molar-refractivity contribution < 1.29 is 4.74 Å². The van der Waals surface area contributed by atoms with Crippen LogP contribution < -0.4 is 4.90 Å². The van der Waals surface area contributed by atoms with Crippen LogP contribution in [0.5, 0.6) is 0 Å². The summed E-state index contributed by atoms with van der Waals surface area (Å²) in [6, 6.07) is 16.9. The SMILES string of the molecule is C[C@@H]1COCCN1c1nc(-c2c[nH]c3ccccc23)nc2ccc(-c3ccnn3C)cc12. The van der Waals surface area contributed by atoms with Crippen molar-refractivity contribution in [3.8, 4) is 22.6 Å². The summed E-state index contributed by atoms with van der Waals surface area (Å²) < 4.78 is 7.59. The number of anilines is 1. The highest BCUT2D eigenvalue weighted by Gasteiger charge is 2.24. The van der Waals surface area contributed by atoms with Crippen LogP contribution in [-0.4, -0.2) is 50.5 Å². The average molecular weight is 425 g/mol. The maximum atomic E-state index is 5.70. The summed E-state index contributed by atoms with van der Waals surface area (Å²) in [5.74, 6) is 1.69. The van der Waals surface area contributed by atoms with Crippen molar-refractivity contribution in [2.75, 3.05) is 24.7 Å². The van der Waals surface area contributed by atoms with Crippen molar-refractivity contribution in [2.24, 2.45) is 7.05 Å². The molecule has 1 N–H and O–H groups in total. The Morgan fingerprint density at radius 2 is 1.97 bits per heavy atom. The number of H-pyrrole nitrogens is 1. The van der Waals surface area contributed by atoms with Gasteiger partial charge in [0, 0.05) is 53.4 Å². The van der Waals surface area contributed by atoms with Crippen LogP contribution in [-0.2, 0) is 11.8 Å². The van der Waals surface area contributed by atoms with Crippen LogP contribution in [0, 0.1) is 0 Å². The number of nitrogens with zero attached hydrogens (tertiary/aromatic N) is 5. The highest BCUT2D eigenvalue weighted by atomic mass is 16.5. The van der Waals surface area contributed by atoms with Gasteiger partial charge in [-0.25, -0.2) is 9.97 Å². The molecule has 1 atom stereocenters. The summed E-state index contributed by atoms with van der Waals surface area (Å²) in [5, 5.41) is 6.50. The number of morpholine rings is 1. The summed E-state index contributed by atoms with van der Waals surface area (Å²) in [5.41, 5.74) is 5.19. The predicted molar refractivity (Wildman–Crippen MR) is 127 cm³/mol. The third kappa shape index (κ3) is 3.05. The molecule has 0 amide bonds. The fraction of sp³-hybridized carbons (Fsp3) is 0.240. The van der Waals surface area contributed by atoms with E-state index in [2.05, 4.69) is 52.2 Å². The molecule has 0 unspecified atom stereocenters. The maximum absolute atomic E-state index is 5.70. The second kappa shape index (κ2) is 7.46. The lowest BCUT2D eigenvalue weighted by molar-refractivity contribution is 0.0987. The van der Waals surface area contributed by atoms with Crippen LogP contribution in [0.4, 0.5) is 5.82 Å². The van der Waals surface area contributed by atoms with Crippen molar-refractivity contribution in [3.05, 3.63) is 60.9 Å². The molecule has 6 rings (SSSR count). The molecule has 0 bridgehead atoms. The number of aromatic nitrogens is 5. The molecule has 1 saturated heterocycles. The number of hydrogen-bond donors (Lipinski definition) is 1. The van der Waals surface area contributed by atoms with Gasteiger partial charge in [0.1, 0.15) is 5.82 Å². The van der Waals surface area contributed by atoms with E-state index in [-0.39, 0.29) is 6.04 Å². The Bertz CT molecular complexity index is 1440. The van der Waals surface area contributed by atoms with Gasteiger partial charge in [0.05, 0.1) is 30.5 Å². The number of para-hydroxylation sites is 1. The van der Waals surface area contributed by atoms with Crippen LogP contribution >= 0.6 is 0 Å². The molecule has 0 radical (unpaired) electrons. The highest BCUT2D eigenvalue weighted by molar-refractivity contribution is 5.98. The molecule has 1 aliphatic heterocycles. The van der Waals surface area contributed by atoms with Gasteiger partial charge >= 0.3 is 0 Å². The third-order valence-corrected chi connectivity index (χ3v) is 6.26. The number of ether oxygens (including phenoxy) is 1. The zero-order valence-electron chi connectivity index (χ0n) is 18.1. The second-order valence-corrected chi connectivity index (χ2v) is 8.31. The fourth-order valence-corrected chi connectivity index (χ4v) is 4.57. The lowest BCUT2D eigenvalue weighted by Gasteiger charge is -2.35. The first-order valence-electron chi connectivity index (χ1n) is 10.9. The van der Waals surface area contributed by atoms with Crippen molar-refractivity contribution in [2.45, 2.75) is 13.0 Å². The Morgan fingerprint density at radius 1 is 1.06 bits per heavy atom. The van der Waals surface area contributed by atoms with Gasteiger partial charge in [-0.05, 0) is 31.2 Å². The van der Waals surface area contributed by atoms with Gasteiger partial charge in [0.15, 0.2) is 5.82 Å². The van der Waals surface area contributed by atoms with E-state index < -0.39 is 0 Å². The minimum Gasteiger partial charge on any atom is -0.377 e. The number of hydrogen-bond acceptors (Lipinski definition) is 5. The fourth-order valence-electron chi connectivity index (χ4n) is 4.57. The Hall–Kier alpha value is -3.71. The largest absolute Gasteiger partial charge is 0.377 e. The van der Waals surface area contributed by atoms with E-state index in [1.54, 1.807) is 0 Å². The van der Waals surface area contributed by atoms with Crippen LogP contribution in [0.1, 0.15) is 6.92 Å². The Kier molecular flexibility index (Phi) is 4.43. The molecule has 2 aromatic carbocycles. The molecule has 1 aliphatic rings. The first-order chi connectivity index (χ1) is 15.7. The molecule has 160 valence electrons. The van der Waals surface area contributed by atoms with Crippen molar-refractivity contribution in [3.63, 3.8) is 0 Å². The molecule has 1 fully saturated rings. The van der Waals surface area contributed by atoms with Gasteiger partial charge in [-0.3, -0.25) is 4.68 Å². The van der Waals surface area contributed by atoms with Crippen LogP contribution in [0.2, 0.25) is 0 Å². The van der Waals surface area contributed by atoms with Gasteiger partial charge < -0.3 is 14.6 Å². The minimum atomic E-state index is 0.234. The van der Waals surface area contributed by atoms with Gasteiger partial charge in [-0.2, -0.15) is 5.10 Å². The number of rotatable bonds is 3. The first kappa shape index (κ1) is 19.0. The summed E-state index contributed by atoms with van der Waals surface area (Å²) in [6.45, 7) is 4.37. The minimum absolute atomic E-state index is 0.234. The normalized spacial score (nSPS) is 16.8. The van der Waals surface area contributed by atoms with E-state index in [1.165, 1.54) is 0 Å². The van der Waals surface area contributed by atoms with Crippen molar-refractivity contribution in [1.29, 1.82) is 0 Å². The Morgan fingerprint density at radius 3 is 2.81 bits per heavy atom. The number of aromatic amines is 1. The van der Waals surface area contributed by atoms with Gasteiger partial charge in [-0.1, -0.05) is 24.3 Å². The van der Waals surface area contributed by atoms with Gasteiger partial charge in [0.25, 0.3) is 0 Å². The molecular weight excluding hydrogens is 400 g/mol. The summed E-state index contributed by atoms with van der Waals surface area (Å²) >= 11 is 0. The molecule has 0 saturated carbocycles.